The summed E-state index contributed by atoms with van der Waals surface area (Å²) in [6.45, 7) is 9.40. The summed E-state index contributed by atoms with van der Waals surface area (Å²) >= 11 is 0. The molecule has 5 nitrogen and oxygen atoms in total. The maximum atomic E-state index is 5.79. The van der Waals surface area contributed by atoms with Crippen LogP contribution in [-0.2, 0) is 6.54 Å². The van der Waals surface area contributed by atoms with Gasteiger partial charge in [0.25, 0.3) is 0 Å². The summed E-state index contributed by atoms with van der Waals surface area (Å²) in [7, 11) is 1.64. The maximum absolute atomic E-state index is 5.79. The minimum Gasteiger partial charge on any atom is -0.493 e. The van der Waals surface area contributed by atoms with Crippen molar-refractivity contribution in [3.8, 4) is 23.0 Å². The highest BCUT2D eigenvalue weighted by Gasteiger charge is 2.15. The smallest absolute Gasteiger partial charge is 0.231 e. The molecule has 0 aliphatic carbocycles. The predicted molar refractivity (Wildman–Crippen MR) is 101 cm³/mol. The summed E-state index contributed by atoms with van der Waals surface area (Å²) in [5, 5.41) is 3.53. The molecule has 26 heavy (non-hydrogen) atoms. The highest BCUT2D eigenvalue weighted by atomic mass is 16.7. The van der Waals surface area contributed by atoms with Crippen LogP contribution in [0.1, 0.15) is 31.0 Å². The van der Waals surface area contributed by atoms with Crippen LogP contribution in [-0.4, -0.2) is 20.5 Å². The molecule has 1 aliphatic rings. The molecular formula is C21H25NO4. The van der Waals surface area contributed by atoms with Gasteiger partial charge in [-0.3, -0.25) is 0 Å². The first-order valence-corrected chi connectivity index (χ1v) is 8.64. The third kappa shape index (κ3) is 4.29. The number of benzene rings is 2. The zero-order chi connectivity index (χ0) is 18.5. The lowest BCUT2D eigenvalue weighted by Crippen LogP contribution is -2.18. The molecular weight excluding hydrogens is 330 g/mol. The molecule has 1 heterocycles. The molecule has 1 atom stereocenters. The topological polar surface area (TPSA) is 49.0 Å². The Morgan fingerprint density at radius 3 is 2.73 bits per heavy atom. The van der Waals surface area contributed by atoms with E-state index in [0.29, 0.717) is 19.9 Å². The van der Waals surface area contributed by atoms with E-state index in [1.165, 1.54) is 0 Å². The van der Waals surface area contributed by atoms with E-state index in [4.69, 9.17) is 18.9 Å². The van der Waals surface area contributed by atoms with Gasteiger partial charge >= 0.3 is 0 Å². The monoisotopic (exact) mass is 355 g/mol. The van der Waals surface area contributed by atoms with Crippen LogP contribution >= 0.6 is 0 Å². The molecule has 5 heteroatoms. The van der Waals surface area contributed by atoms with Crippen LogP contribution in [0.3, 0.4) is 0 Å². The van der Waals surface area contributed by atoms with Gasteiger partial charge in [-0.25, -0.2) is 0 Å². The minimum atomic E-state index is 0.173. The van der Waals surface area contributed by atoms with Gasteiger partial charge in [0, 0.05) is 12.6 Å². The van der Waals surface area contributed by atoms with Crippen LogP contribution in [0.2, 0.25) is 0 Å². The van der Waals surface area contributed by atoms with Crippen molar-refractivity contribution in [2.24, 2.45) is 0 Å². The number of hydrogen-bond donors (Lipinski definition) is 1. The second-order valence-electron chi connectivity index (χ2n) is 6.45. The van der Waals surface area contributed by atoms with Gasteiger partial charge in [-0.1, -0.05) is 18.7 Å². The predicted octanol–water partition coefficient (Wildman–Crippen LogP) is 4.23. The van der Waals surface area contributed by atoms with E-state index in [0.717, 1.165) is 39.7 Å². The average molecular weight is 355 g/mol. The van der Waals surface area contributed by atoms with E-state index in [1.54, 1.807) is 7.11 Å². The number of fused-ring (bicyclic) bond motifs is 1. The first kappa shape index (κ1) is 18.1. The average Bonchev–Trinajstić information content (AvgIpc) is 3.12. The third-order valence-corrected chi connectivity index (χ3v) is 4.21. The molecule has 2 aromatic carbocycles. The Morgan fingerprint density at radius 2 is 1.96 bits per heavy atom. The van der Waals surface area contributed by atoms with E-state index < -0.39 is 0 Å². The van der Waals surface area contributed by atoms with Crippen molar-refractivity contribution >= 4 is 0 Å². The molecule has 0 spiro atoms. The van der Waals surface area contributed by atoms with E-state index >= 15 is 0 Å². The number of hydrogen-bond acceptors (Lipinski definition) is 5. The Kier molecular flexibility index (Phi) is 5.68. The van der Waals surface area contributed by atoms with Crippen molar-refractivity contribution in [3.63, 3.8) is 0 Å². The molecule has 3 rings (SSSR count). The fraction of sp³-hybridized carbons (Fsp3) is 0.333. The van der Waals surface area contributed by atoms with E-state index in [9.17, 15) is 0 Å². The van der Waals surface area contributed by atoms with Gasteiger partial charge in [-0.15, -0.1) is 0 Å². The second kappa shape index (κ2) is 8.15. The maximum Gasteiger partial charge on any atom is 0.231 e. The lowest BCUT2D eigenvalue weighted by molar-refractivity contribution is 0.174. The summed E-state index contributed by atoms with van der Waals surface area (Å²) in [6, 6.07) is 12.2. The highest BCUT2D eigenvalue weighted by Crippen LogP contribution is 2.34. The summed E-state index contributed by atoms with van der Waals surface area (Å²) in [4.78, 5) is 0. The SMILES string of the molecule is C=C(C)COc1cc(CNC(C)c2ccc3c(c2)OCO3)ccc1OC. The van der Waals surface area contributed by atoms with Crippen LogP contribution in [0, 0.1) is 0 Å². The zero-order valence-corrected chi connectivity index (χ0v) is 15.5. The second-order valence-corrected chi connectivity index (χ2v) is 6.45. The van der Waals surface area contributed by atoms with Gasteiger partial charge in [0.2, 0.25) is 6.79 Å². The molecule has 0 aromatic heterocycles. The fourth-order valence-corrected chi connectivity index (χ4v) is 2.72. The van der Waals surface area contributed by atoms with Crippen LogP contribution in [0.4, 0.5) is 0 Å². The highest BCUT2D eigenvalue weighted by molar-refractivity contribution is 5.45. The minimum absolute atomic E-state index is 0.173. The van der Waals surface area contributed by atoms with Gasteiger partial charge < -0.3 is 24.3 Å². The zero-order valence-electron chi connectivity index (χ0n) is 15.5. The molecule has 0 saturated carbocycles. The molecule has 138 valence electrons. The van der Waals surface area contributed by atoms with Crippen molar-refractivity contribution in [1.82, 2.24) is 5.32 Å². The number of methoxy groups -OCH3 is 1. The molecule has 1 N–H and O–H groups in total. The van der Waals surface area contributed by atoms with Crippen molar-refractivity contribution in [2.75, 3.05) is 20.5 Å². The molecule has 0 amide bonds. The molecule has 0 bridgehead atoms. The Morgan fingerprint density at radius 1 is 1.15 bits per heavy atom. The van der Waals surface area contributed by atoms with Crippen LogP contribution in [0.5, 0.6) is 23.0 Å². The normalized spacial score (nSPS) is 13.3. The number of ether oxygens (including phenoxy) is 4. The van der Waals surface area contributed by atoms with Crippen molar-refractivity contribution in [1.29, 1.82) is 0 Å². The van der Waals surface area contributed by atoms with Gasteiger partial charge in [0.05, 0.1) is 7.11 Å². The van der Waals surface area contributed by atoms with Crippen molar-refractivity contribution in [3.05, 3.63) is 59.7 Å². The quantitative estimate of drug-likeness (QED) is 0.718. The Hall–Kier alpha value is -2.66. The lowest BCUT2D eigenvalue weighted by Gasteiger charge is -2.16. The van der Waals surface area contributed by atoms with E-state index in [-0.39, 0.29) is 6.04 Å². The molecule has 1 aliphatic heterocycles. The van der Waals surface area contributed by atoms with Gasteiger partial charge in [0.15, 0.2) is 23.0 Å². The van der Waals surface area contributed by atoms with Gasteiger partial charge in [-0.05, 0) is 54.8 Å². The largest absolute Gasteiger partial charge is 0.493 e. The van der Waals surface area contributed by atoms with Gasteiger partial charge in [0.1, 0.15) is 6.61 Å². The summed E-state index contributed by atoms with van der Waals surface area (Å²) in [6.07, 6.45) is 0. The number of rotatable bonds is 8. The van der Waals surface area contributed by atoms with Gasteiger partial charge in [-0.2, -0.15) is 0 Å². The summed E-state index contributed by atoms with van der Waals surface area (Å²) < 4.78 is 22.0. The molecule has 0 radical (unpaired) electrons. The third-order valence-electron chi connectivity index (χ3n) is 4.21. The standard InChI is InChI=1S/C21H25NO4/c1-14(2)12-24-20-9-16(5-7-18(20)23-4)11-22-15(3)17-6-8-19-21(10-17)26-13-25-19/h5-10,15,22H,1,11-13H2,2-4H3. The molecule has 1 unspecified atom stereocenters. The van der Waals surface area contributed by atoms with Crippen molar-refractivity contribution in [2.45, 2.75) is 26.4 Å². The van der Waals surface area contributed by atoms with Crippen molar-refractivity contribution < 1.29 is 18.9 Å². The first-order valence-electron chi connectivity index (χ1n) is 8.64. The molecule has 0 fully saturated rings. The van der Waals surface area contributed by atoms with E-state index in [2.05, 4.69) is 24.9 Å². The Labute approximate surface area is 154 Å². The number of nitrogens with one attached hydrogen (secondary N) is 1. The van der Waals surface area contributed by atoms with Crippen LogP contribution in [0.25, 0.3) is 0 Å². The van der Waals surface area contributed by atoms with Crippen LogP contribution < -0.4 is 24.3 Å². The molecule has 0 saturated heterocycles. The lowest BCUT2D eigenvalue weighted by atomic mass is 10.1. The summed E-state index contributed by atoms with van der Waals surface area (Å²) in [5.41, 5.74) is 3.24. The Bertz CT molecular complexity index is 788. The Balaban J connectivity index is 1.65. The fourth-order valence-electron chi connectivity index (χ4n) is 2.72. The van der Waals surface area contributed by atoms with E-state index in [1.807, 2.05) is 37.3 Å². The summed E-state index contributed by atoms with van der Waals surface area (Å²) in [5.74, 6) is 3.05. The first-order chi connectivity index (χ1) is 12.6. The van der Waals surface area contributed by atoms with Crippen LogP contribution in [0.15, 0.2) is 48.6 Å². The molecule has 2 aromatic rings.